The first kappa shape index (κ1) is 12.5. The zero-order valence-corrected chi connectivity index (χ0v) is 10.2. The van der Waals surface area contributed by atoms with E-state index in [1.165, 1.54) is 5.56 Å². The molecule has 0 aliphatic heterocycles. The van der Waals surface area contributed by atoms with E-state index in [-0.39, 0.29) is 5.38 Å². The number of hydrogen-bond donors (Lipinski definition) is 0. The monoisotopic (exact) mass is 226 g/mol. The maximum absolute atomic E-state index is 6.27. The zero-order valence-electron chi connectivity index (χ0n) is 9.45. The predicted molar refractivity (Wildman–Crippen MR) is 65.4 cm³/mol. The Morgan fingerprint density at radius 1 is 1.20 bits per heavy atom. The van der Waals surface area contributed by atoms with Crippen LogP contribution in [-0.4, -0.2) is 12.7 Å². The Morgan fingerprint density at radius 3 is 2.47 bits per heavy atom. The molecule has 0 radical (unpaired) electrons. The number of hydrogen-bond acceptors (Lipinski definition) is 1. The summed E-state index contributed by atoms with van der Waals surface area (Å²) in [6.45, 7) is 4.90. The molecule has 0 amide bonds. The third-order valence-electron chi connectivity index (χ3n) is 2.21. The minimum atomic E-state index is 0.113. The second-order valence-electron chi connectivity index (χ2n) is 3.94. The minimum absolute atomic E-state index is 0.113. The molecule has 0 N–H and O–H groups in total. The van der Waals surface area contributed by atoms with Gasteiger partial charge in [0, 0.05) is 6.61 Å². The van der Waals surface area contributed by atoms with Gasteiger partial charge in [-0.3, -0.25) is 0 Å². The van der Waals surface area contributed by atoms with Crippen molar-refractivity contribution in [2.45, 2.75) is 38.2 Å². The van der Waals surface area contributed by atoms with E-state index in [9.17, 15) is 0 Å². The lowest BCUT2D eigenvalue weighted by atomic mass is 10.1. The van der Waals surface area contributed by atoms with Crippen molar-refractivity contribution in [3.05, 3.63) is 35.9 Å². The molecule has 84 valence electrons. The number of benzene rings is 1. The summed E-state index contributed by atoms with van der Waals surface area (Å²) in [5.74, 6) is 0. The lowest BCUT2D eigenvalue weighted by molar-refractivity contribution is 0.0759. The molecule has 1 rings (SSSR count). The summed E-state index contributed by atoms with van der Waals surface area (Å²) >= 11 is 6.27. The van der Waals surface area contributed by atoms with Crippen LogP contribution in [0.25, 0.3) is 0 Å². The van der Waals surface area contributed by atoms with Crippen molar-refractivity contribution in [3.63, 3.8) is 0 Å². The lowest BCUT2D eigenvalue weighted by Gasteiger charge is -2.11. The smallest absolute Gasteiger partial charge is 0.0586 e. The molecule has 0 bridgehead atoms. The second kappa shape index (κ2) is 6.86. The van der Waals surface area contributed by atoms with Crippen molar-refractivity contribution in [3.8, 4) is 0 Å². The maximum atomic E-state index is 6.27. The van der Waals surface area contributed by atoms with E-state index in [0.717, 1.165) is 19.4 Å². The fourth-order valence-electron chi connectivity index (χ4n) is 1.41. The fourth-order valence-corrected chi connectivity index (χ4v) is 1.71. The highest BCUT2D eigenvalue weighted by atomic mass is 35.5. The van der Waals surface area contributed by atoms with Crippen LogP contribution < -0.4 is 0 Å². The van der Waals surface area contributed by atoms with Gasteiger partial charge in [0.25, 0.3) is 0 Å². The van der Waals surface area contributed by atoms with Gasteiger partial charge in [-0.15, -0.1) is 11.6 Å². The van der Waals surface area contributed by atoms with Crippen LogP contribution in [0.2, 0.25) is 0 Å². The molecule has 1 nitrogen and oxygen atoms in total. The van der Waals surface area contributed by atoms with Crippen LogP contribution in [0.5, 0.6) is 0 Å². The number of rotatable bonds is 6. The number of alkyl halides is 1. The summed E-state index contributed by atoms with van der Waals surface area (Å²) in [4.78, 5) is 0. The SMILES string of the molecule is CC(C)OCCCC(Cl)c1ccccc1. The van der Waals surface area contributed by atoms with E-state index < -0.39 is 0 Å². The van der Waals surface area contributed by atoms with Gasteiger partial charge in [0.2, 0.25) is 0 Å². The van der Waals surface area contributed by atoms with Crippen molar-refractivity contribution in [2.24, 2.45) is 0 Å². The van der Waals surface area contributed by atoms with E-state index >= 15 is 0 Å². The van der Waals surface area contributed by atoms with Crippen LogP contribution in [0.15, 0.2) is 30.3 Å². The predicted octanol–water partition coefficient (Wildman–Crippen LogP) is 4.17. The molecule has 0 aliphatic rings. The average Bonchev–Trinajstić information content (AvgIpc) is 2.25. The summed E-state index contributed by atoms with van der Waals surface area (Å²) in [6, 6.07) is 10.2. The van der Waals surface area contributed by atoms with E-state index in [1.807, 2.05) is 18.2 Å². The van der Waals surface area contributed by atoms with Crippen molar-refractivity contribution < 1.29 is 4.74 Å². The molecule has 0 fully saturated rings. The van der Waals surface area contributed by atoms with E-state index in [0.29, 0.717) is 6.10 Å². The summed E-state index contributed by atoms with van der Waals surface area (Å²) in [5.41, 5.74) is 1.20. The lowest BCUT2D eigenvalue weighted by Crippen LogP contribution is -2.04. The highest BCUT2D eigenvalue weighted by Gasteiger charge is 2.06. The Kier molecular flexibility index (Phi) is 5.74. The molecule has 1 aromatic rings. The van der Waals surface area contributed by atoms with Gasteiger partial charge in [0.05, 0.1) is 11.5 Å². The molecule has 0 aromatic heterocycles. The molecule has 0 heterocycles. The minimum Gasteiger partial charge on any atom is -0.379 e. The van der Waals surface area contributed by atoms with Crippen LogP contribution in [0.4, 0.5) is 0 Å². The van der Waals surface area contributed by atoms with Gasteiger partial charge in [-0.2, -0.15) is 0 Å². The van der Waals surface area contributed by atoms with Crippen molar-refractivity contribution in [1.29, 1.82) is 0 Å². The van der Waals surface area contributed by atoms with Crippen LogP contribution in [0.1, 0.15) is 37.6 Å². The van der Waals surface area contributed by atoms with Crippen LogP contribution in [0.3, 0.4) is 0 Å². The molecule has 1 atom stereocenters. The Morgan fingerprint density at radius 2 is 1.87 bits per heavy atom. The van der Waals surface area contributed by atoms with Gasteiger partial charge in [-0.1, -0.05) is 30.3 Å². The third-order valence-corrected chi connectivity index (χ3v) is 2.68. The summed E-state index contributed by atoms with van der Waals surface area (Å²) in [7, 11) is 0. The molecular weight excluding hydrogens is 208 g/mol. The van der Waals surface area contributed by atoms with E-state index in [1.54, 1.807) is 0 Å². The van der Waals surface area contributed by atoms with Crippen molar-refractivity contribution in [1.82, 2.24) is 0 Å². The molecule has 15 heavy (non-hydrogen) atoms. The highest BCUT2D eigenvalue weighted by molar-refractivity contribution is 6.20. The number of ether oxygens (including phenoxy) is 1. The standard InChI is InChI=1S/C13H19ClO/c1-11(2)15-10-6-9-13(14)12-7-4-3-5-8-12/h3-5,7-8,11,13H,6,9-10H2,1-2H3. The molecule has 1 unspecified atom stereocenters. The van der Waals surface area contributed by atoms with Gasteiger partial charge in [0.1, 0.15) is 0 Å². The van der Waals surface area contributed by atoms with Crippen molar-refractivity contribution in [2.75, 3.05) is 6.61 Å². The molecule has 0 saturated heterocycles. The zero-order chi connectivity index (χ0) is 11.1. The Labute approximate surface area is 97.4 Å². The topological polar surface area (TPSA) is 9.23 Å². The first-order chi connectivity index (χ1) is 7.20. The highest BCUT2D eigenvalue weighted by Crippen LogP contribution is 2.24. The summed E-state index contributed by atoms with van der Waals surface area (Å²) in [5, 5.41) is 0.113. The second-order valence-corrected chi connectivity index (χ2v) is 4.47. The molecule has 0 saturated carbocycles. The number of halogens is 1. The van der Waals surface area contributed by atoms with Crippen LogP contribution in [-0.2, 0) is 4.74 Å². The van der Waals surface area contributed by atoms with Gasteiger partial charge < -0.3 is 4.74 Å². The van der Waals surface area contributed by atoms with Crippen LogP contribution in [0, 0.1) is 0 Å². The maximum Gasteiger partial charge on any atom is 0.0586 e. The largest absolute Gasteiger partial charge is 0.379 e. The fraction of sp³-hybridized carbons (Fsp3) is 0.538. The first-order valence-corrected chi connectivity index (χ1v) is 5.94. The average molecular weight is 227 g/mol. The van der Waals surface area contributed by atoms with Crippen LogP contribution >= 0.6 is 11.6 Å². The summed E-state index contributed by atoms with van der Waals surface area (Å²) < 4.78 is 5.47. The third kappa shape index (κ3) is 5.19. The summed E-state index contributed by atoms with van der Waals surface area (Å²) in [6.07, 6.45) is 2.30. The Hall–Kier alpha value is -0.530. The first-order valence-electron chi connectivity index (χ1n) is 5.50. The quantitative estimate of drug-likeness (QED) is 0.523. The Bertz CT molecular complexity index is 258. The van der Waals surface area contributed by atoms with Gasteiger partial charge in [-0.25, -0.2) is 0 Å². The normalized spacial score (nSPS) is 13.1. The molecule has 0 aliphatic carbocycles. The van der Waals surface area contributed by atoms with E-state index in [4.69, 9.17) is 16.3 Å². The Balaban J connectivity index is 2.22. The molecule has 0 spiro atoms. The van der Waals surface area contributed by atoms with Gasteiger partial charge in [0.15, 0.2) is 0 Å². The molecule has 2 heteroatoms. The van der Waals surface area contributed by atoms with Crippen molar-refractivity contribution >= 4 is 11.6 Å². The van der Waals surface area contributed by atoms with E-state index in [2.05, 4.69) is 26.0 Å². The van der Waals surface area contributed by atoms with Gasteiger partial charge in [-0.05, 0) is 32.3 Å². The molecular formula is C13H19ClO. The molecule has 1 aromatic carbocycles. The van der Waals surface area contributed by atoms with Gasteiger partial charge >= 0.3 is 0 Å².